The van der Waals surface area contributed by atoms with Gasteiger partial charge in [0.2, 0.25) is 0 Å². The van der Waals surface area contributed by atoms with Gasteiger partial charge in [0.25, 0.3) is 0 Å². The Labute approximate surface area is 166 Å². The van der Waals surface area contributed by atoms with Gasteiger partial charge in [-0.3, -0.25) is 10.2 Å². The minimum Gasteiger partial charge on any atom is -0.379 e. The van der Waals surface area contributed by atoms with Crippen LogP contribution in [0.3, 0.4) is 0 Å². The molecule has 8 heteroatoms. The molecule has 1 unspecified atom stereocenters. The highest BCUT2D eigenvalue weighted by atomic mass is 35.5. The number of benzene rings is 2. The summed E-state index contributed by atoms with van der Waals surface area (Å²) in [6.45, 7) is 5.24. The van der Waals surface area contributed by atoms with Crippen LogP contribution in [0, 0.1) is 19.7 Å². The maximum atomic E-state index is 14.7. The Hall–Kier alpha value is -2.90. The summed E-state index contributed by atoms with van der Waals surface area (Å²) in [7, 11) is 0. The van der Waals surface area contributed by atoms with Gasteiger partial charge in [0.15, 0.2) is 5.78 Å². The van der Waals surface area contributed by atoms with E-state index in [1.165, 1.54) is 25.1 Å². The Bertz CT molecular complexity index is 986. The van der Waals surface area contributed by atoms with E-state index in [1.54, 1.807) is 12.1 Å². The predicted octanol–water partition coefficient (Wildman–Crippen LogP) is 4.12. The van der Waals surface area contributed by atoms with Gasteiger partial charge in [0, 0.05) is 16.1 Å². The Morgan fingerprint density at radius 1 is 1.18 bits per heavy atom. The lowest BCUT2D eigenvalue weighted by molar-refractivity contribution is -0.0726. The lowest BCUT2D eigenvalue weighted by Gasteiger charge is -2.25. The molecule has 2 aromatic rings. The van der Waals surface area contributed by atoms with Crippen molar-refractivity contribution in [1.82, 2.24) is 10.5 Å². The molecule has 0 radical (unpaired) electrons. The molecule has 3 rings (SSSR count). The minimum absolute atomic E-state index is 0.0433. The van der Waals surface area contributed by atoms with Gasteiger partial charge >= 0.3 is 6.03 Å². The van der Waals surface area contributed by atoms with Crippen molar-refractivity contribution < 1.29 is 18.8 Å². The van der Waals surface area contributed by atoms with E-state index >= 15 is 0 Å². The summed E-state index contributed by atoms with van der Waals surface area (Å²) >= 11 is 6.22. The second-order valence-corrected chi connectivity index (χ2v) is 6.86. The third-order valence-electron chi connectivity index (χ3n) is 4.81. The van der Waals surface area contributed by atoms with Crippen LogP contribution in [0.5, 0.6) is 0 Å². The zero-order chi connectivity index (χ0) is 20.6. The molecule has 6 nitrogen and oxygen atoms in total. The first kappa shape index (κ1) is 19.9. The number of ketones is 1. The van der Waals surface area contributed by atoms with Crippen LogP contribution in [0.15, 0.2) is 47.7 Å². The van der Waals surface area contributed by atoms with E-state index < -0.39 is 17.9 Å². The van der Waals surface area contributed by atoms with Crippen molar-refractivity contribution in [2.24, 2.45) is 5.84 Å². The minimum atomic E-state index is -1.19. The molecule has 2 amide bonds. The summed E-state index contributed by atoms with van der Waals surface area (Å²) in [5.41, 5.74) is 4.17. The molecule has 28 heavy (non-hydrogen) atoms. The smallest absolute Gasteiger partial charge is 0.365 e. The number of nitrogens with zero attached hydrogens (tertiary/aromatic N) is 1. The van der Waals surface area contributed by atoms with Gasteiger partial charge in [0.05, 0.1) is 5.57 Å². The summed E-state index contributed by atoms with van der Waals surface area (Å²) < 4.78 is 14.7. The third kappa shape index (κ3) is 3.23. The summed E-state index contributed by atoms with van der Waals surface area (Å²) in [6.07, 6.45) is 0. The first-order chi connectivity index (χ1) is 13.3. The number of hydrazine groups is 1. The van der Waals surface area contributed by atoms with Crippen molar-refractivity contribution in [2.45, 2.75) is 26.8 Å². The number of amides is 2. The Kier molecular flexibility index (Phi) is 5.40. The standard InChI is InChI=1S/C20H19ClFN3O3/c1-10-6-4-7-13(11(10)2)19(26)16-12(3)28-25(20(27)24-23)18(16)17-14(21)8-5-9-15(17)22/h4-9,18H,23H2,1-3H3,(H,24,27). The second-order valence-electron chi connectivity index (χ2n) is 6.45. The number of hydrogen-bond donors (Lipinski definition) is 2. The van der Waals surface area contributed by atoms with Crippen LogP contribution in [0.1, 0.15) is 40.0 Å². The largest absolute Gasteiger partial charge is 0.379 e. The fourth-order valence-electron chi connectivity index (χ4n) is 3.24. The topological polar surface area (TPSA) is 84.7 Å². The van der Waals surface area contributed by atoms with E-state index in [9.17, 15) is 14.0 Å². The van der Waals surface area contributed by atoms with Gasteiger partial charge < -0.3 is 4.84 Å². The molecule has 0 bridgehead atoms. The SMILES string of the molecule is CC1=C(C(=O)c2cccc(C)c2C)C(c2c(F)cccc2Cl)N(C(=O)NN)O1. The van der Waals surface area contributed by atoms with E-state index in [0.717, 1.165) is 16.2 Å². The van der Waals surface area contributed by atoms with Crippen molar-refractivity contribution in [3.63, 3.8) is 0 Å². The average Bonchev–Trinajstić information content (AvgIpc) is 2.99. The number of hydrogen-bond acceptors (Lipinski definition) is 4. The zero-order valence-corrected chi connectivity index (χ0v) is 16.3. The molecule has 2 aromatic carbocycles. The Morgan fingerprint density at radius 2 is 1.86 bits per heavy atom. The van der Waals surface area contributed by atoms with E-state index in [-0.39, 0.29) is 27.7 Å². The molecule has 1 aliphatic heterocycles. The van der Waals surface area contributed by atoms with Gasteiger partial charge in [-0.15, -0.1) is 5.06 Å². The first-order valence-electron chi connectivity index (χ1n) is 8.51. The van der Waals surface area contributed by atoms with E-state index in [0.29, 0.717) is 5.56 Å². The molecule has 0 saturated carbocycles. The number of rotatable bonds is 3. The number of urea groups is 1. The van der Waals surface area contributed by atoms with E-state index in [2.05, 4.69) is 0 Å². The van der Waals surface area contributed by atoms with Crippen LogP contribution in [0.25, 0.3) is 0 Å². The number of carbonyl (C=O) groups is 2. The van der Waals surface area contributed by atoms with Crippen LogP contribution >= 0.6 is 11.6 Å². The molecule has 0 spiro atoms. The highest BCUT2D eigenvalue weighted by Gasteiger charge is 2.44. The zero-order valence-electron chi connectivity index (χ0n) is 15.5. The molecule has 0 saturated heterocycles. The molecular weight excluding hydrogens is 385 g/mol. The van der Waals surface area contributed by atoms with Crippen LogP contribution < -0.4 is 11.3 Å². The highest BCUT2D eigenvalue weighted by Crippen LogP contribution is 2.43. The fraction of sp³-hybridized carbons (Fsp3) is 0.200. The van der Waals surface area contributed by atoms with Crippen LogP contribution in [-0.2, 0) is 4.84 Å². The van der Waals surface area contributed by atoms with Crippen molar-refractivity contribution in [2.75, 3.05) is 0 Å². The Morgan fingerprint density at radius 3 is 2.50 bits per heavy atom. The first-order valence-corrected chi connectivity index (χ1v) is 8.89. The number of halogens is 2. The molecule has 3 N–H and O–H groups in total. The van der Waals surface area contributed by atoms with E-state index in [4.69, 9.17) is 22.3 Å². The van der Waals surface area contributed by atoms with Gasteiger partial charge in [-0.1, -0.05) is 35.9 Å². The monoisotopic (exact) mass is 403 g/mol. The van der Waals surface area contributed by atoms with Crippen LogP contribution in [-0.4, -0.2) is 16.9 Å². The third-order valence-corrected chi connectivity index (χ3v) is 5.14. The van der Waals surface area contributed by atoms with E-state index in [1.807, 2.05) is 25.3 Å². The summed E-state index contributed by atoms with van der Waals surface area (Å²) in [5, 5.41) is 0.877. The maximum absolute atomic E-state index is 14.7. The number of nitrogens with two attached hydrogens (primary N) is 1. The number of nitrogens with one attached hydrogen (secondary N) is 1. The highest BCUT2D eigenvalue weighted by molar-refractivity contribution is 6.31. The number of carbonyl (C=O) groups excluding carboxylic acids is 2. The maximum Gasteiger partial charge on any atom is 0.365 e. The molecule has 146 valence electrons. The summed E-state index contributed by atoms with van der Waals surface area (Å²) in [6, 6.07) is 7.41. The van der Waals surface area contributed by atoms with Crippen LogP contribution in [0.2, 0.25) is 5.02 Å². The predicted molar refractivity (Wildman–Crippen MR) is 103 cm³/mol. The molecule has 0 aromatic heterocycles. The average molecular weight is 404 g/mol. The van der Waals surface area contributed by atoms with Crippen molar-refractivity contribution in [3.05, 3.63) is 80.8 Å². The van der Waals surface area contributed by atoms with Crippen molar-refractivity contribution >= 4 is 23.4 Å². The van der Waals surface area contributed by atoms with Crippen molar-refractivity contribution in [3.8, 4) is 0 Å². The lowest BCUT2D eigenvalue weighted by Crippen LogP contribution is -2.43. The molecule has 0 fully saturated rings. The van der Waals surface area contributed by atoms with Crippen molar-refractivity contribution in [1.29, 1.82) is 0 Å². The molecule has 1 heterocycles. The lowest BCUT2D eigenvalue weighted by atomic mass is 9.89. The molecular formula is C20H19ClFN3O3. The van der Waals surface area contributed by atoms with Gasteiger partial charge in [0.1, 0.15) is 17.6 Å². The normalized spacial score (nSPS) is 16.2. The van der Waals surface area contributed by atoms with Gasteiger partial charge in [-0.25, -0.2) is 15.0 Å². The fourth-order valence-corrected chi connectivity index (χ4v) is 3.51. The quantitative estimate of drug-likeness (QED) is 0.349. The number of Topliss-reactive ketones (excluding diaryl/α,β-unsaturated/α-hetero) is 1. The Balaban J connectivity index is 2.20. The molecule has 1 atom stereocenters. The van der Waals surface area contributed by atoms with Gasteiger partial charge in [-0.2, -0.15) is 0 Å². The number of allylic oxidation sites excluding steroid dienone is 1. The summed E-state index contributed by atoms with van der Waals surface area (Å²) in [4.78, 5) is 31.1. The number of hydroxylamine groups is 2. The van der Waals surface area contributed by atoms with Crippen LogP contribution in [0.4, 0.5) is 9.18 Å². The number of aryl methyl sites for hydroxylation is 1. The van der Waals surface area contributed by atoms with Gasteiger partial charge in [-0.05, 0) is 44.0 Å². The second kappa shape index (κ2) is 7.61. The molecule has 0 aliphatic carbocycles. The summed E-state index contributed by atoms with van der Waals surface area (Å²) in [5.74, 6) is 4.36. The molecule has 1 aliphatic rings.